The SMILES string of the molecule is Cc1ccc(OC2CCC(NC(=O)CCCCl)CC2)nc1. The summed E-state index contributed by atoms with van der Waals surface area (Å²) in [6, 6.07) is 4.19. The van der Waals surface area contributed by atoms with Gasteiger partial charge in [0.05, 0.1) is 0 Å². The van der Waals surface area contributed by atoms with Gasteiger partial charge in [0, 0.05) is 30.6 Å². The van der Waals surface area contributed by atoms with Crippen LogP contribution in [0.3, 0.4) is 0 Å². The van der Waals surface area contributed by atoms with E-state index < -0.39 is 0 Å². The Kier molecular flexibility index (Phi) is 6.30. The number of carbonyl (C=O) groups excluding carboxylic acids is 1. The average Bonchev–Trinajstić information content (AvgIpc) is 2.49. The van der Waals surface area contributed by atoms with E-state index in [9.17, 15) is 4.79 Å². The van der Waals surface area contributed by atoms with E-state index in [1.807, 2.05) is 25.3 Å². The molecule has 0 bridgehead atoms. The quantitative estimate of drug-likeness (QED) is 0.821. The van der Waals surface area contributed by atoms with Crippen molar-refractivity contribution >= 4 is 17.5 Å². The third-order valence-corrected chi connectivity index (χ3v) is 4.02. The summed E-state index contributed by atoms with van der Waals surface area (Å²) in [5.74, 6) is 1.34. The molecule has 1 aromatic heterocycles. The highest BCUT2D eigenvalue weighted by Crippen LogP contribution is 2.23. The standard InChI is InChI=1S/C16H23ClN2O2/c1-12-4-9-16(18-11-12)21-14-7-5-13(6-8-14)19-15(20)3-2-10-17/h4,9,11,13-14H,2-3,5-8,10H2,1H3,(H,19,20). The van der Waals surface area contributed by atoms with E-state index in [1.54, 1.807) is 0 Å². The van der Waals surface area contributed by atoms with Crippen LogP contribution < -0.4 is 10.1 Å². The third kappa shape index (κ3) is 5.54. The summed E-state index contributed by atoms with van der Waals surface area (Å²) in [7, 11) is 0. The molecule has 116 valence electrons. The minimum absolute atomic E-state index is 0.111. The highest BCUT2D eigenvalue weighted by Gasteiger charge is 2.23. The Morgan fingerprint density at radius 3 is 2.76 bits per heavy atom. The zero-order valence-corrected chi connectivity index (χ0v) is 13.2. The van der Waals surface area contributed by atoms with Crippen LogP contribution in [0.25, 0.3) is 0 Å². The van der Waals surface area contributed by atoms with Crippen molar-refractivity contribution in [1.82, 2.24) is 10.3 Å². The zero-order chi connectivity index (χ0) is 15.1. The molecule has 0 spiro atoms. The molecule has 0 saturated heterocycles. The largest absolute Gasteiger partial charge is 0.474 e. The molecule has 1 aromatic rings. The fourth-order valence-corrected chi connectivity index (χ4v) is 2.68. The fraction of sp³-hybridized carbons (Fsp3) is 0.625. The van der Waals surface area contributed by atoms with Crippen LogP contribution in [0, 0.1) is 6.92 Å². The maximum absolute atomic E-state index is 11.7. The molecule has 0 radical (unpaired) electrons. The van der Waals surface area contributed by atoms with E-state index in [1.165, 1.54) is 0 Å². The lowest BCUT2D eigenvalue weighted by Crippen LogP contribution is -2.39. The second-order valence-electron chi connectivity index (χ2n) is 5.63. The van der Waals surface area contributed by atoms with Crippen LogP contribution in [0.15, 0.2) is 18.3 Å². The second kappa shape index (κ2) is 8.23. The second-order valence-corrected chi connectivity index (χ2v) is 6.00. The molecule has 21 heavy (non-hydrogen) atoms. The van der Waals surface area contributed by atoms with Crippen LogP contribution >= 0.6 is 11.6 Å². The number of ether oxygens (including phenoxy) is 1. The molecule has 0 atom stereocenters. The van der Waals surface area contributed by atoms with Crippen LogP contribution in [-0.2, 0) is 4.79 Å². The van der Waals surface area contributed by atoms with Gasteiger partial charge in [0.15, 0.2) is 0 Å². The van der Waals surface area contributed by atoms with Gasteiger partial charge in [0.1, 0.15) is 6.10 Å². The van der Waals surface area contributed by atoms with Crippen molar-refractivity contribution in [3.8, 4) is 5.88 Å². The summed E-state index contributed by atoms with van der Waals surface area (Å²) in [6.07, 6.45) is 7.12. The Bertz CT molecular complexity index is 442. The third-order valence-electron chi connectivity index (χ3n) is 3.75. The predicted octanol–water partition coefficient (Wildman–Crippen LogP) is 3.22. The lowest BCUT2D eigenvalue weighted by atomic mass is 9.93. The van der Waals surface area contributed by atoms with Crippen LogP contribution in [0.2, 0.25) is 0 Å². The van der Waals surface area contributed by atoms with Gasteiger partial charge in [-0.15, -0.1) is 11.6 Å². The molecule has 1 amide bonds. The minimum atomic E-state index is 0.111. The van der Waals surface area contributed by atoms with Crippen molar-refractivity contribution in [2.24, 2.45) is 0 Å². The molecular formula is C16H23ClN2O2. The lowest BCUT2D eigenvalue weighted by Gasteiger charge is -2.29. The zero-order valence-electron chi connectivity index (χ0n) is 12.5. The van der Waals surface area contributed by atoms with Gasteiger partial charge in [-0.25, -0.2) is 4.98 Å². The number of pyridine rings is 1. The van der Waals surface area contributed by atoms with Gasteiger partial charge in [-0.05, 0) is 44.6 Å². The number of carbonyl (C=O) groups is 1. The van der Waals surface area contributed by atoms with Crippen molar-refractivity contribution in [2.45, 2.75) is 57.6 Å². The first-order chi connectivity index (χ1) is 10.2. The smallest absolute Gasteiger partial charge is 0.220 e. The Morgan fingerprint density at radius 1 is 1.38 bits per heavy atom. The Morgan fingerprint density at radius 2 is 2.14 bits per heavy atom. The summed E-state index contributed by atoms with van der Waals surface area (Å²) >= 11 is 5.59. The van der Waals surface area contributed by atoms with Gasteiger partial charge in [-0.2, -0.15) is 0 Å². The number of aromatic nitrogens is 1. The number of rotatable bonds is 6. The van der Waals surface area contributed by atoms with Gasteiger partial charge in [-0.1, -0.05) is 6.07 Å². The van der Waals surface area contributed by atoms with Crippen molar-refractivity contribution in [1.29, 1.82) is 0 Å². The number of halogens is 1. The summed E-state index contributed by atoms with van der Waals surface area (Å²) < 4.78 is 5.89. The van der Waals surface area contributed by atoms with Gasteiger partial charge >= 0.3 is 0 Å². The molecule has 4 nitrogen and oxygen atoms in total. The van der Waals surface area contributed by atoms with Crippen LogP contribution in [0.5, 0.6) is 5.88 Å². The minimum Gasteiger partial charge on any atom is -0.474 e. The molecule has 0 aliphatic heterocycles. The number of amides is 1. The molecule has 2 rings (SSSR count). The predicted molar refractivity (Wildman–Crippen MR) is 83.7 cm³/mol. The Balaban J connectivity index is 1.70. The molecule has 1 aliphatic rings. The average molecular weight is 311 g/mol. The first kappa shape index (κ1) is 16.1. The number of alkyl halides is 1. The summed E-state index contributed by atoms with van der Waals surface area (Å²) in [5, 5.41) is 3.08. The highest BCUT2D eigenvalue weighted by atomic mass is 35.5. The number of nitrogens with one attached hydrogen (secondary N) is 1. The van der Waals surface area contributed by atoms with Gasteiger partial charge in [0.2, 0.25) is 11.8 Å². The number of hydrogen-bond donors (Lipinski definition) is 1. The van der Waals surface area contributed by atoms with Gasteiger partial charge in [-0.3, -0.25) is 4.79 Å². The molecule has 5 heteroatoms. The van der Waals surface area contributed by atoms with E-state index in [0.717, 1.165) is 37.7 Å². The normalized spacial score (nSPS) is 21.8. The summed E-state index contributed by atoms with van der Waals surface area (Å²) in [5.41, 5.74) is 1.13. The Hall–Kier alpha value is -1.29. The molecule has 1 N–H and O–H groups in total. The monoisotopic (exact) mass is 310 g/mol. The molecular weight excluding hydrogens is 288 g/mol. The highest BCUT2D eigenvalue weighted by molar-refractivity contribution is 6.17. The van der Waals surface area contributed by atoms with Crippen molar-refractivity contribution in [2.75, 3.05) is 5.88 Å². The first-order valence-electron chi connectivity index (χ1n) is 7.62. The van der Waals surface area contributed by atoms with Crippen LogP contribution in [0.4, 0.5) is 0 Å². The van der Waals surface area contributed by atoms with Crippen LogP contribution in [0.1, 0.15) is 44.1 Å². The van der Waals surface area contributed by atoms with E-state index in [-0.39, 0.29) is 18.1 Å². The summed E-state index contributed by atoms with van der Waals surface area (Å²) in [4.78, 5) is 15.9. The van der Waals surface area contributed by atoms with Gasteiger partial charge in [0.25, 0.3) is 0 Å². The molecule has 1 aliphatic carbocycles. The molecule has 0 aromatic carbocycles. The van der Waals surface area contributed by atoms with E-state index in [0.29, 0.717) is 18.2 Å². The fourth-order valence-electron chi connectivity index (χ4n) is 2.55. The lowest BCUT2D eigenvalue weighted by molar-refractivity contribution is -0.122. The maximum atomic E-state index is 11.7. The number of aryl methyl sites for hydroxylation is 1. The van der Waals surface area contributed by atoms with Gasteiger partial charge < -0.3 is 10.1 Å². The number of nitrogens with zero attached hydrogens (tertiary/aromatic N) is 1. The molecule has 1 heterocycles. The van der Waals surface area contributed by atoms with Crippen molar-refractivity contribution in [3.05, 3.63) is 23.9 Å². The van der Waals surface area contributed by atoms with E-state index in [4.69, 9.17) is 16.3 Å². The summed E-state index contributed by atoms with van der Waals surface area (Å²) in [6.45, 7) is 2.01. The van der Waals surface area contributed by atoms with Crippen molar-refractivity contribution < 1.29 is 9.53 Å². The van der Waals surface area contributed by atoms with Crippen molar-refractivity contribution in [3.63, 3.8) is 0 Å². The molecule has 1 saturated carbocycles. The number of hydrogen-bond acceptors (Lipinski definition) is 3. The maximum Gasteiger partial charge on any atom is 0.220 e. The Labute approximate surface area is 131 Å². The van der Waals surface area contributed by atoms with E-state index in [2.05, 4.69) is 10.3 Å². The molecule has 0 unspecified atom stereocenters. The van der Waals surface area contributed by atoms with E-state index >= 15 is 0 Å². The first-order valence-corrected chi connectivity index (χ1v) is 8.15. The topological polar surface area (TPSA) is 51.2 Å². The molecule has 1 fully saturated rings. The van der Waals surface area contributed by atoms with Crippen LogP contribution in [-0.4, -0.2) is 28.9 Å².